The van der Waals surface area contributed by atoms with Crippen molar-refractivity contribution in [3.8, 4) is 11.1 Å². The highest BCUT2D eigenvalue weighted by atomic mass is 16.6. The van der Waals surface area contributed by atoms with E-state index in [0.29, 0.717) is 12.8 Å². The Morgan fingerprint density at radius 2 is 1.69 bits per heavy atom. The first-order chi connectivity index (χ1) is 14.0. The number of ether oxygens (including phenoxy) is 1. The van der Waals surface area contributed by atoms with Gasteiger partial charge >= 0.3 is 12.1 Å². The van der Waals surface area contributed by atoms with Crippen molar-refractivity contribution in [1.82, 2.24) is 4.90 Å². The second-order valence-electron chi connectivity index (χ2n) is 7.34. The van der Waals surface area contributed by atoms with Gasteiger partial charge in [0.25, 0.3) is 0 Å². The number of carbonyl (C=O) groups excluding carboxylic acids is 1. The lowest BCUT2D eigenvalue weighted by Crippen LogP contribution is -2.43. The van der Waals surface area contributed by atoms with E-state index in [0.717, 1.165) is 35.1 Å². The van der Waals surface area contributed by atoms with Crippen molar-refractivity contribution in [1.29, 1.82) is 0 Å². The van der Waals surface area contributed by atoms with Crippen molar-refractivity contribution >= 4 is 12.1 Å². The average Bonchev–Trinajstić information content (AvgIpc) is 3.05. The summed E-state index contributed by atoms with van der Waals surface area (Å²) in [6.45, 7) is 3.85. The summed E-state index contributed by atoms with van der Waals surface area (Å²) < 4.78 is 5.57. The molecule has 1 amide bonds. The van der Waals surface area contributed by atoms with Crippen molar-refractivity contribution in [2.75, 3.05) is 13.7 Å². The molecule has 1 atom stereocenters. The second kappa shape index (κ2) is 9.41. The minimum absolute atomic E-state index is 0.0457. The van der Waals surface area contributed by atoms with E-state index in [9.17, 15) is 14.7 Å². The lowest BCUT2D eigenvalue weighted by atomic mass is 9.98. The van der Waals surface area contributed by atoms with Gasteiger partial charge in [-0.1, -0.05) is 61.0 Å². The van der Waals surface area contributed by atoms with Gasteiger partial charge in [0.2, 0.25) is 0 Å². The summed E-state index contributed by atoms with van der Waals surface area (Å²) in [5, 5.41) is 9.52. The molecule has 29 heavy (non-hydrogen) atoms. The van der Waals surface area contributed by atoms with Crippen LogP contribution in [0.1, 0.15) is 42.7 Å². The molecule has 1 aliphatic carbocycles. The quantitative estimate of drug-likeness (QED) is 0.477. The van der Waals surface area contributed by atoms with Crippen molar-refractivity contribution in [2.24, 2.45) is 0 Å². The number of hydrogen-bond acceptors (Lipinski definition) is 3. The average molecular weight is 393 g/mol. The van der Waals surface area contributed by atoms with E-state index < -0.39 is 18.1 Å². The van der Waals surface area contributed by atoms with Gasteiger partial charge in [0, 0.05) is 13.0 Å². The number of unbranched alkanes of at least 4 members (excludes halogenated alkanes) is 2. The third-order valence-corrected chi connectivity index (χ3v) is 5.51. The molecule has 0 heterocycles. The summed E-state index contributed by atoms with van der Waals surface area (Å²) in [6.07, 6.45) is 3.99. The number of allylic oxidation sites excluding steroid dienone is 1. The Kier molecular flexibility index (Phi) is 6.70. The molecule has 0 saturated carbocycles. The van der Waals surface area contributed by atoms with Crippen LogP contribution in [0, 0.1) is 0 Å². The van der Waals surface area contributed by atoms with Crippen LogP contribution in [-0.2, 0) is 9.53 Å². The number of carboxylic acid groups (broad SMARTS) is 1. The number of nitrogens with zero attached hydrogens (tertiary/aromatic N) is 1. The number of carboxylic acids is 1. The maximum Gasteiger partial charge on any atom is 0.410 e. The monoisotopic (exact) mass is 393 g/mol. The van der Waals surface area contributed by atoms with Crippen LogP contribution in [0.5, 0.6) is 0 Å². The molecule has 0 aromatic heterocycles. The Morgan fingerprint density at radius 1 is 1.10 bits per heavy atom. The number of benzene rings is 2. The smallest absolute Gasteiger partial charge is 0.410 e. The number of fused-ring (bicyclic) bond motifs is 3. The number of amides is 1. The normalized spacial score (nSPS) is 13.3. The first-order valence-corrected chi connectivity index (χ1v) is 9.96. The molecule has 0 radical (unpaired) electrons. The number of hydrogen-bond donors (Lipinski definition) is 1. The minimum Gasteiger partial charge on any atom is -0.480 e. The molecule has 0 aliphatic heterocycles. The molecule has 1 unspecified atom stereocenters. The fourth-order valence-corrected chi connectivity index (χ4v) is 3.93. The summed E-state index contributed by atoms with van der Waals surface area (Å²) in [5.41, 5.74) is 4.57. The molecule has 1 N–H and O–H groups in total. The molecule has 2 aromatic rings. The first-order valence-electron chi connectivity index (χ1n) is 9.96. The Hall–Kier alpha value is -3.08. The van der Waals surface area contributed by atoms with Gasteiger partial charge in [-0.3, -0.25) is 4.90 Å². The summed E-state index contributed by atoms with van der Waals surface area (Å²) >= 11 is 0. The third kappa shape index (κ3) is 4.50. The van der Waals surface area contributed by atoms with Crippen molar-refractivity contribution < 1.29 is 19.4 Å². The topological polar surface area (TPSA) is 66.8 Å². The molecule has 5 nitrogen and oxygen atoms in total. The fourth-order valence-electron chi connectivity index (χ4n) is 3.93. The van der Waals surface area contributed by atoms with Crippen LogP contribution in [0.4, 0.5) is 4.79 Å². The minimum atomic E-state index is -1.01. The van der Waals surface area contributed by atoms with E-state index >= 15 is 0 Å². The maximum absolute atomic E-state index is 12.6. The number of likely N-dealkylation sites (N-methyl/N-ethyl adjacent to an activating group) is 1. The fraction of sp³-hybridized carbons (Fsp3) is 0.333. The highest BCUT2D eigenvalue weighted by Crippen LogP contribution is 2.44. The summed E-state index contributed by atoms with van der Waals surface area (Å²) in [6, 6.07) is 15.3. The molecule has 1 aliphatic rings. The van der Waals surface area contributed by atoms with E-state index in [4.69, 9.17) is 4.74 Å². The van der Waals surface area contributed by atoms with E-state index in [-0.39, 0.29) is 12.5 Å². The van der Waals surface area contributed by atoms with E-state index in [2.05, 4.69) is 30.8 Å². The van der Waals surface area contributed by atoms with Gasteiger partial charge in [-0.2, -0.15) is 0 Å². The van der Waals surface area contributed by atoms with Crippen molar-refractivity contribution in [3.63, 3.8) is 0 Å². The molecular weight excluding hydrogens is 366 g/mol. The van der Waals surface area contributed by atoms with Crippen LogP contribution < -0.4 is 0 Å². The van der Waals surface area contributed by atoms with E-state index in [1.54, 1.807) is 0 Å². The zero-order valence-electron chi connectivity index (χ0n) is 16.7. The molecule has 2 aromatic carbocycles. The molecular formula is C24H27NO4. The zero-order valence-corrected chi connectivity index (χ0v) is 16.7. The van der Waals surface area contributed by atoms with Crippen LogP contribution in [0.15, 0.2) is 61.2 Å². The maximum atomic E-state index is 12.6. The number of aliphatic carboxylic acids is 1. The first kappa shape index (κ1) is 20.6. The SMILES string of the molecule is C=CCCCCC(C(=O)O)N(C)C(=O)OCC1c2ccccc2-c2ccccc21. The summed E-state index contributed by atoms with van der Waals surface area (Å²) in [7, 11) is 1.49. The Balaban J connectivity index is 1.66. The van der Waals surface area contributed by atoms with Gasteiger partial charge in [0.1, 0.15) is 12.6 Å². The lowest BCUT2D eigenvalue weighted by Gasteiger charge is -2.25. The van der Waals surface area contributed by atoms with Gasteiger partial charge in [0.15, 0.2) is 0 Å². The Morgan fingerprint density at radius 3 is 2.24 bits per heavy atom. The van der Waals surface area contributed by atoms with Gasteiger partial charge in [-0.15, -0.1) is 6.58 Å². The van der Waals surface area contributed by atoms with Gasteiger partial charge < -0.3 is 9.84 Å². The second-order valence-corrected chi connectivity index (χ2v) is 7.34. The third-order valence-electron chi connectivity index (χ3n) is 5.51. The Bertz CT molecular complexity index is 846. The highest BCUT2D eigenvalue weighted by molar-refractivity contribution is 5.81. The Labute approximate surface area is 171 Å². The molecule has 3 rings (SSSR count). The van der Waals surface area contributed by atoms with Crippen LogP contribution in [0.2, 0.25) is 0 Å². The van der Waals surface area contributed by atoms with Crippen LogP contribution >= 0.6 is 0 Å². The van der Waals surface area contributed by atoms with Crippen molar-refractivity contribution in [2.45, 2.75) is 37.6 Å². The molecule has 0 spiro atoms. The highest BCUT2D eigenvalue weighted by Gasteiger charge is 2.31. The van der Waals surface area contributed by atoms with Crippen LogP contribution in [0.25, 0.3) is 11.1 Å². The summed E-state index contributed by atoms with van der Waals surface area (Å²) in [4.78, 5) is 25.4. The molecule has 0 fully saturated rings. The van der Waals surface area contributed by atoms with Crippen molar-refractivity contribution in [3.05, 3.63) is 72.3 Å². The number of carbonyl (C=O) groups is 2. The van der Waals surface area contributed by atoms with Gasteiger partial charge in [-0.05, 0) is 41.5 Å². The predicted molar refractivity (Wildman–Crippen MR) is 113 cm³/mol. The van der Waals surface area contributed by atoms with E-state index in [1.165, 1.54) is 11.9 Å². The summed E-state index contributed by atoms with van der Waals surface area (Å²) in [5.74, 6) is -1.06. The molecule has 0 saturated heterocycles. The van der Waals surface area contributed by atoms with E-state index in [1.807, 2.05) is 30.3 Å². The van der Waals surface area contributed by atoms with Crippen LogP contribution in [0.3, 0.4) is 0 Å². The lowest BCUT2D eigenvalue weighted by molar-refractivity contribution is -0.142. The van der Waals surface area contributed by atoms with Gasteiger partial charge in [0.05, 0.1) is 0 Å². The molecule has 152 valence electrons. The molecule has 0 bridgehead atoms. The predicted octanol–water partition coefficient (Wildman–Crippen LogP) is 5.07. The number of rotatable bonds is 9. The largest absolute Gasteiger partial charge is 0.480 e. The van der Waals surface area contributed by atoms with Crippen LogP contribution in [-0.4, -0.2) is 41.8 Å². The van der Waals surface area contributed by atoms with Gasteiger partial charge in [-0.25, -0.2) is 9.59 Å². The molecule has 5 heteroatoms. The zero-order chi connectivity index (χ0) is 20.8. The standard InChI is InChI=1S/C24H27NO4/c1-3-4-5-6-15-22(23(26)27)25(2)24(28)29-16-21-19-13-9-7-11-17(19)18-12-8-10-14-20(18)21/h3,7-14,21-22H,1,4-6,15-16H2,2H3,(H,26,27).